The van der Waals surface area contributed by atoms with Gasteiger partial charge in [0.05, 0.1) is 12.1 Å². The number of alkyl halides is 3. The van der Waals surface area contributed by atoms with Gasteiger partial charge in [0.2, 0.25) is 5.28 Å². The van der Waals surface area contributed by atoms with Crippen molar-refractivity contribution in [1.82, 2.24) is 9.55 Å². The minimum atomic E-state index is -4.43. The lowest BCUT2D eigenvalue weighted by Crippen LogP contribution is -2.20. The first-order chi connectivity index (χ1) is 12.4. The zero-order chi connectivity index (χ0) is 20.4. The van der Waals surface area contributed by atoms with Gasteiger partial charge in [0.25, 0.3) is 5.91 Å². The molecule has 0 aliphatic heterocycles. The molecule has 9 heteroatoms. The Morgan fingerprint density at radius 3 is 2.37 bits per heavy atom. The number of carbonyl (C=O) groups excluding carboxylic acids is 1. The van der Waals surface area contributed by atoms with Crippen LogP contribution in [0, 0.1) is 11.8 Å². The van der Waals surface area contributed by atoms with Gasteiger partial charge in [0.1, 0.15) is 17.0 Å². The van der Waals surface area contributed by atoms with Gasteiger partial charge in [-0.2, -0.15) is 13.2 Å². The minimum Gasteiger partial charge on any atom is -0.366 e. The van der Waals surface area contributed by atoms with Gasteiger partial charge in [-0.05, 0) is 49.1 Å². The number of halogens is 4. The lowest BCUT2D eigenvalue weighted by molar-refractivity contribution is -0.137. The molecule has 0 bridgehead atoms. The third-order valence-corrected chi connectivity index (χ3v) is 4.06. The number of ether oxygens (including phenoxy) is 1. The van der Waals surface area contributed by atoms with E-state index in [9.17, 15) is 18.0 Å². The van der Waals surface area contributed by atoms with Crippen molar-refractivity contribution >= 4 is 17.5 Å². The zero-order valence-electron chi connectivity index (χ0n) is 14.8. The minimum absolute atomic E-state index is 0.0115. The van der Waals surface area contributed by atoms with Gasteiger partial charge in [-0.3, -0.25) is 4.79 Å². The fourth-order valence-corrected chi connectivity index (χ4v) is 2.38. The van der Waals surface area contributed by atoms with Crippen molar-refractivity contribution in [3.05, 3.63) is 52.1 Å². The van der Waals surface area contributed by atoms with Gasteiger partial charge < -0.3 is 15.0 Å². The number of amides is 1. The van der Waals surface area contributed by atoms with E-state index in [0.29, 0.717) is 5.56 Å². The third kappa shape index (κ3) is 5.02. The third-order valence-electron chi connectivity index (χ3n) is 3.77. The Labute approximate surface area is 159 Å². The molecule has 1 aromatic heterocycles. The van der Waals surface area contributed by atoms with Gasteiger partial charge in [0, 0.05) is 7.11 Å². The van der Waals surface area contributed by atoms with Crippen LogP contribution in [0.4, 0.5) is 13.2 Å². The highest BCUT2D eigenvalue weighted by Crippen LogP contribution is 2.29. The summed E-state index contributed by atoms with van der Waals surface area (Å²) in [7, 11) is 1.49. The molecule has 0 atom stereocenters. The first kappa shape index (κ1) is 20.8. The Hall–Kier alpha value is -2.50. The molecule has 2 aromatic rings. The molecule has 1 amide bonds. The summed E-state index contributed by atoms with van der Waals surface area (Å²) >= 11 is 6.10. The molecule has 0 radical (unpaired) electrons. The number of primary amides is 1. The van der Waals surface area contributed by atoms with Crippen LogP contribution >= 0.6 is 11.6 Å². The van der Waals surface area contributed by atoms with Crippen molar-refractivity contribution in [2.75, 3.05) is 7.11 Å². The van der Waals surface area contributed by atoms with Gasteiger partial charge in [-0.15, -0.1) is 0 Å². The number of methoxy groups -OCH3 is 1. The van der Waals surface area contributed by atoms with Crippen molar-refractivity contribution in [3.8, 4) is 11.8 Å². The molecule has 0 fully saturated rings. The number of imidazole rings is 1. The largest absolute Gasteiger partial charge is 0.416 e. The summed E-state index contributed by atoms with van der Waals surface area (Å²) in [4.78, 5) is 15.9. The molecule has 27 heavy (non-hydrogen) atoms. The first-order valence-corrected chi connectivity index (χ1v) is 8.12. The van der Waals surface area contributed by atoms with Gasteiger partial charge in [0.15, 0.2) is 0 Å². The first-order valence-electron chi connectivity index (χ1n) is 7.75. The number of carbonyl (C=O) groups is 1. The summed E-state index contributed by atoms with van der Waals surface area (Å²) in [6, 6.07) is 4.49. The van der Waals surface area contributed by atoms with Gasteiger partial charge in [-0.25, -0.2) is 4.98 Å². The van der Waals surface area contributed by atoms with Crippen LogP contribution in [0.1, 0.15) is 41.2 Å². The topological polar surface area (TPSA) is 70.1 Å². The fourth-order valence-electron chi connectivity index (χ4n) is 2.15. The van der Waals surface area contributed by atoms with Crippen LogP contribution in [0.15, 0.2) is 24.3 Å². The van der Waals surface area contributed by atoms with Gasteiger partial charge in [-0.1, -0.05) is 18.1 Å². The Kier molecular flexibility index (Phi) is 5.88. The maximum absolute atomic E-state index is 12.7. The number of hydrogen-bond acceptors (Lipinski definition) is 3. The maximum atomic E-state index is 12.7. The quantitative estimate of drug-likeness (QED) is 0.800. The van der Waals surface area contributed by atoms with Crippen LogP contribution in [-0.4, -0.2) is 28.2 Å². The van der Waals surface area contributed by atoms with Crippen LogP contribution in [0.2, 0.25) is 5.28 Å². The molecule has 0 aliphatic rings. The van der Waals surface area contributed by atoms with E-state index < -0.39 is 23.2 Å². The highest BCUT2D eigenvalue weighted by Gasteiger charge is 2.30. The molecule has 2 N–H and O–H groups in total. The van der Waals surface area contributed by atoms with Crippen molar-refractivity contribution in [2.24, 2.45) is 5.73 Å². The summed E-state index contributed by atoms with van der Waals surface area (Å²) in [6.45, 7) is 3.47. The van der Waals surface area contributed by atoms with Crippen LogP contribution in [0.5, 0.6) is 0 Å². The zero-order valence-corrected chi connectivity index (χ0v) is 15.6. The highest BCUT2D eigenvalue weighted by molar-refractivity contribution is 6.29. The number of benzene rings is 1. The van der Waals surface area contributed by atoms with Crippen LogP contribution in [-0.2, 0) is 17.5 Å². The smallest absolute Gasteiger partial charge is 0.366 e. The second kappa shape index (κ2) is 7.62. The van der Waals surface area contributed by atoms with Gasteiger partial charge >= 0.3 is 6.18 Å². The lowest BCUT2D eigenvalue weighted by atomic mass is 10.1. The van der Waals surface area contributed by atoms with Crippen molar-refractivity contribution < 1.29 is 22.7 Å². The van der Waals surface area contributed by atoms with Crippen LogP contribution in [0.25, 0.3) is 0 Å². The monoisotopic (exact) mass is 399 g/mol. The molecule has 1 aromatic carbocycles. The number of rotatable bonds is 4. The maximum Gasteiger partial charge on any atom is 0.416 e. The summed E-state index contributed by atoms with van der Waals surface area (Å²) < 4.78 is 44.5. The van der Waals surface area contributed by atoms with Crippen LogP contribution < -0.4 is 5.73 Å². The Morgan fingerprint density at radius 1 is 1.30 bits per heavy atom. The summed E-state index contributed by atoms with van der Waals surface area (Å²) in [5.74, 6) is 4.73. The number of nitrogens with two attached hydrogens (primary N) is 1. The SMILES string of the molecule is COC(C)(C)C#Cc1nc(Cl)n(Cc2ccc(C(F)(F)F)cc2)c1C(N)=O. The standard InChI is InChI=1S/C18H17ClF3N3O2/c1-17(2,27-3)9-8-13-14(15(23)26)25(16(19)24-13)10-11-4-6-12(7-5-11)18(20,21)22/h4-7H,10H2,1-3H3,(H2,23,26). The summed E-state index contributed by atoms with van der Waals surface area (Å²) in [6.07, 6.45) is -4.43. The van der Waals surface area contributed by atoms with E-state index in [4.69, 9.17) is 22.1 Å². The average Bonchev–Trinajstić information content (AvgIpc) is 2.89. The molecule has 1 heterocycles. The molecule has 0 saturated heterocycles. The van der Waals surface area contributed by atoms with E-state index in [1.807, 2.05) is 0 Å². The normalized spacial score (nSPS) is 11.8. The van der Waals surface area contributed by atoms with E-state index in [-0.39, 0.29) is 23.2 Å². The molecule has 0 aliphatic carbocycles. The molecular weight excluding hydrogens is 383 g/mol. The van der Waals surface area contributed by atoms with Crippen molar-refractivity contribution in [2.45, 2.75) is 32.2 Å². The van der Waals surface area contributed by atoms with E-state index in [0.717, 1.165) is 12.1 Å². The van der Waals surface area contributed by atoms with E-state index in [2.05, 4.69) is 16.8 Å². The summed E-state index contributed by atoms with van der Waals surface area (Å²) in [5, 5.41) is -0.0526. The molecule has 0 unspecified atom stereocenters. The summed E-state index contributed by atoms with van der Waals surface area (Å²) in [5.41, 5.74) is 4.41. The van der Waals surface area contributed by atoms with Crippen molar-refractivity contribution in [3.63, 3.8) is 0 Å². The number of hydrogen-bond donors (Lipinski definition) is 1. The average molecular weight is 400 g/mol. The van der Waals surface area contributed by atoms with E-state index >= 15 is 0 Å². The fraction of sp³-hybridized carbons (Fsp3) is 0.333. The predicted molar refractivity (Wildman–Crippen MR) is 94.3 cm³/mol. The number of nitrogens with zero attached hydrogens (tertiary/aromatic N) is 2. The van der Waals surface area contributed by atoms with E-state index in [1.54, 1.807) is 13.8 Å². The lowest BCUT2D eigenvalue weighted by Gasteiger charge is -2.14. The predicted octanol–water partition coefficient (Wildman–Crippen LogP) is 3.48. The molecule has 2 rings (SSSR count). The molecule has 144 valence electrons. The Bertz CT molecular complexity index is 907. The second-order valence-electron chi connectivity index (χ2n) is 6.19. The number of aromatic nitrogens is 2. The Balaban J connectivity index is 2.41. The molecule has 0 saturated carbocycles. The van der Waals surface area contributed by atoms with E-state index in [1.165, 1.54) is 23.8 Å². The second-order valence-corrected chi connectivity index (χ2v) is 6.53. The molecule has 0 spiro atoms. The van der Waals surface area contributed by atoms with Crippen molar-refractivity contribution in [1.29, 1.82) is 0 Å². The van der Waals surface area contributed by atoms with Crippen LogP contribution in [0.3, 0.4) is 0 Å². The Morgan fingerprint density at radius 2 is 1.89 bits per heavy atom. The molecular formula is C18H17ClF3N3O2. The molecule has 5 nitrogen and oxygen atoms in total. The highest BCUT2D eigenvalue weighted by atomic mass is 35.5.